The fraction of sp³-hybridized carbons (Fsp3) is 0. The van der Waals surface area contributed by atoms with Gasteiger partial charge in [-0.15, -0.1) is 64.2 Å². The van der Waals surface area contributed by atoms with Gasteiger partial charge >= 0.3 is 37.9 Å². The molecule has 0 atom stereocenters. The summed E-state index contributed by atoms with van der Waals surface area (Å²) in [4.78, 5) is 0. The average molecular weight is 536 g/mol. The molecule has 5 heteroatoms. The van der Waals surface area contributed by atoms with Crippen LogP contribution >= 0.6 is 28.6 Å². The van der Waals surface area contributed by atoms with E-state index < -0.39 is 20.8 Å². The minimum Gasteiger partial charge on any atom is -0.813 e. The minimum absolute atomic E-state index is 0. The van der Waals surface area contributed by atoms with E-state index in [0.29, 0.717) is 0 Å². The minimum atomic E-state index is -0.826. The molecule has 148 valence electrons. The van der Waals surface area contributed by atoms with Gasteiger partial charge in [0.05, 0.1) is 0 Å². The zero-order valence-corrected chi connectivity index (χ0v) is 21.0. The van der Waals surface area contributed by atoms with Gasteiger partial charge in [0.25, 0.3) is 0 Å². The first-order valence-electron chi connectivity index (χ1n) is 8.69. The van der Waals surface area contributed by atoms with Crippen LogP contribution in [-0.4, -0.2) is 0 Å². The van der Waals surface area contributed by atoms with Crippen LogP contribution < -0.4 is 0 Å². The van der Waals surface area contributed by atoms with E-state index in [0.717, 1.165) is 5.02 Å². The fourth-order valence-electron chi connectivity index (χ4n) is 3.03. The third kappa shape index (κ3) is 7.02. The topological polar surface area (TPSA) is 0 Å². The second-order valence-electron chi connectivity index (χ2n) is 6.11. The Morgan fingerprint density at radius 1 is 0.690 bits per heavy atom. The van der Waals surface area contributed by atoms with E-state index in [2.05, 4.69) is 91.0 Å². The maximum absolute atomic E-state index is 5.88. The summed E-state index contributed by atoms with van der Waals surface area (Å²) >= 11 is 5.05. The fourth-order valence-corrected chi connectivity index (χ4v) is 3.16. The summed E-state index contributed by atoms with van der Waals surface area (Å²) in [7, 11) is 9.87. The van der Waals surface area contributed by atoms with E-state index in [4.69, 9.17) is 28.6 Å². The first-order chi connectivity index (χ1) is 13.7. The van der Waals surface area contributed by atoms with Gasteiger partial charge < -0.3 is 13.5 Å². The number of thiol groups is 1. The summed E-state index contributed by atoms with van der Waals surface area (Å²) in [6.07, 6.45) is 0. The molecule has 0 spiro atoms. The van der Waals surface area contributed by atoms with Gasteiger partial charge in [-0.3, -0.25) is 0 Å². The largest absolute Gasteiger partial charge is 0.813 e. The first-order valence-corrected chi connectivity index (χ1v) is 15.4. The van der Waals surface area contributed by atoms with Crippen molar-refractivity contribution in [2.45, 2.75) is 0 Å². The Morgan fingerprint density at radius 3 is 1.90 bits per heavy atom. The average Bonchev–Trinajstić information content (AvgIpc) is 3.36. The van der Waals surface area contributed by atoms with Crippen LogP contribution in [0.3, 0.4) is 0 Å². The monoisotopic (exact) mass is 533 g/mol. The summed E-state index contributed by atoms with van der Waals surface area (Å²) < 4.78 is 0. The van der Waals surface area contributed by atoms with Crippen LogP contribution in [0.2, 0.25) is 5.02 Å². The van der Waals surface area contributed by atoms with Crippen LogP contribution in [0.1, 0.15) is 0 Å². The summed E-state index contributed by atoms with van der Waals surface area (Å²) in [6.45, 7) is 0. The Bertz CT molecular complexity index is 1070. The Balaban J connectivity index is 0.000000196. The molecule has 0 fully saturated rings. The third-order valence-electron chi connectivity index (χ3n) is 4.34. The van der Waals surface area contributed by atoms with Crippen LogP contribution in [0, 0.1) is 0 Å². The molecule has 0 aliphatic rings. The number of benzene rings is 3. The molecule has 0 saturated heterocycles. The quantitative estimate of drug-likeness (QED) is 0.118. The number of hydrogen-bond donors (Lipinski definition) is 0. The molecule has 0 aliphatic carbocycles. The van der Waals surface area contributed by atoms with Crippen molar-refractivity contribution in [1.82, 2.24) is 0 Å². The second-order valence-corrected chi connectivity index (χ2v) is 10.3. The first kappa shape index (κ1) is 24.3. The number of rotatable bonds is 1. The summed E-state index contributed by atoms with van der Waals surface area (Å²) in [5.74, 6) is 0. The number of fused-ring (bicyclic) bond motifs is 2. The van der Waals surface area contributed by atoms with Gasteiger partial charge in [-0.2, -0.15) is 17.5 Å². The second kappa shape index (κ2) is 12.6. The van der Waals surface area contributed by atoms with Crippen LogP contribution in [0.5, 0.6) is 0 Å². The van der Waals surface area contributed by atoms with Gasteiger partial charge in [-0.25, -0.2) is 0 Å². The molecule has 0 bridgehead atoms. The van der Waals surface area contributed by atoms with Crippen molar-refractivity contribution in [2.75, 3.05) is 0 Å². The molecule has 0 nitrogen and oxygen atoms in total. The van der Waals surface area contributed by atoms with Gasteiger partial charge in [-0.1, -0.05) is 65.7 Å². The third-order valence-corrected chi connectivity index (χ3v) is 4.60. The molecule has 5 aromatic carbocycles. The molecular formula is C24H18Cl3SZr-3. The molecule has 5 rings (SSSR count). The SMILES string of the molecule is Clc1ccc(-c2cc3ccccc3[cH-]2)cc1.[Cl][Zr][Cl].[SH-].c1ccc2[cH-]ccc2c1. The number of hydrogen-bond acceptors (Lipinski definition) is 1. The van der Waals surface area contributed by atoms with Crippen molar-refractivity contribution in [3.05, 3.63) is 108 Å². The van der Waals surface area contributed by atoms with Gasteiger partial charge in [0.15, 0.2) is 0 Å². The molecule has 0 heterocycles. The Labute approximate surface area is 202 Å². The summed E-state index contributed by atoms with van der Waals surface area (Å²) in [5.41, 5.74) is 2.46. The van der Waals surface area contributed by atoms with Crippen molar-refractivity contribution >= 4 is 63.7 Å². The standard InChI is InChI=1S/C15H10Cl.C9H7.2ClH.H2S.Zr/c16-15-7-5-11(6-8-15)14-9-12-3-1-2-4-13(12)10-14;1-2-5-9-7-3-6-8(9)4-1;;;;/h1-10H;1-7H;2*1H;1H2;/q2*-1;;;;+2/p-3. The van der Waals surface area contributed by atoms with Crippen LogP contribution in [0.4, 0.5) is 0 Å². The maximum Gasteiger partial charge on any atom is -0.0809 e. The van der Waals surface area contributed by atoms with Gasteiger partial charge in [-0.05, 0) is 0 Å². The van der Waals surface area contributed by atoms with Crippen molar-refractivity contribution in [2.24, 2.45) is 0 Å². The number of halogens is 3. The maximum atomic E-state index is 5.88. The van der Waals surface area contributed by atoms with E-state index in [-0.39, 0.29) is 13.5 Å². The van der Waals surface area contributed by atoms with E-state index in [1.807, 2.05) is 12.1 Å². The van der Waals surface area contributed by atoms with Crippen LogP contribution in [0.15, 0.2) is 103 Å². The van der Waals surface area contributed by atoms with E-state index in [1.54, 1.807) is 0 Å². The van der Waals surface area contributed by atoms with Gasteiger partial charge in [0.1, 0.15) is 0 Å². The van der Waals surface area contributed by atoms with Crippen LogP contribution in [-0.2, 0) is 34.3 Å². The zero-order valence-electron chi connectivity index (χ0n) is 15.4. The van der Waals surface area contributed by atoms with Gasteiger partial charge in [0, 0.05) is 5.02 Å². The van der Waals surface area contributed by atoms with E-state index >= 15 is 0 Å². The predicted octanol–water partition coefficient (Wildman–Crippen LogP) is 8.54. The molecule has 0 aliphatic heterocycles. The van der Waals surface area contributed by atoms with Crippen molar-refractivity contribution in [3.8, 4) is 11.1 Å². The Morgan fingerprint density at radius 2 is 1.28 bits per heavy atom. The molecule has 0 aromatic heterocycles. The summed E-state index contributed by atoms with van der Waals surface area (Å²) in [6, 6.07) is 35.4. The summed E-state index contributed by atoms with van der Waals surface area (Å²) in [5, 5.41) is 6.01. The Kier molecular flexibility index (Phi) is 10.6. The van der Waals surface area contributed by atoms with Gasteiger partial charge in [0.2, 0.25) is 0 Å². The molecule has 0 saturated carbocycles. The normalized spacial score (nSPS) is 9.62. The van der Waals surface area contributed by atoms with Crippen molar-refractivity contribution in [3.63, 3.8) is 0 Å². The van der Waals surface area contributed by atoms with Crippen LogP contribution in [0.25, 0.3) is 32.7 Å². The predicted molar refractivity (Wildman–Crippen MR) is 130 cm³/mol. The van der Waals surface area contributed by atoms with E-state index in [1.165, 1.54) is 32.7 Å². The Hall–Kier alpha value is -1.02. The molecule has 0 N–H and O–H groups in total. The molecule has 0 radical (unpaired) electrons. The molecule has 5 aromatic rings. The zero-order chi connectivity index (χ0) is 19.8. The van der Waals surface area contributed by atoms with Crippen molar-refractivity contribution in [1.29, 1.82) is 0 Å². The molecule has 29 heavy (non-hydrogen) atoms. The van der Waals surface area contributed by atoms with Crippen molar-refractivity contribution < 1.29 is 20.8 Å². The smallest absolute Gasteiger partial charge is 0.0809 e. The molecular weight excluding hydrogens is 518 g/mol. The molecule has 0 amide bonds. The van der Waals surface area contributed by atoms with E-state index in [9.17, 15) is 0 Å². The molecule has 0 unspecified atom stereocenters.